The monoisotopic (exact) mass is 191 g/mol. The van der Waals surface area contributed by atoms with Crippen LogP contribution in [0.25, 0.3) is 0 Å². The van der Waals surface area contributed by atoms with Crippen LogP contribution in [0, 0.1) is 13.8 Å². The summed E-state index contributed by atoms with van der Waals surface area (Å²) in [5.41, 5.74) is 9.72. The second-order valence-electron chi connectivity index (χ2n) is 4.22. The molecule has 2 heteroatoms. The fourth-order valence-electron chi connectivity index (χ4n) is 2.19. The molecule has 2 atom stereocenters. The topological polar surface area (TPSA) is 38.0 Å². The van der Waals surface area contributed by atoms with Crippen LogP contribution >= 0.6 is 0 Å². The van der Waals surface area contributed by atoms with Crippen molar-refractivity contribution in [3.05, 3.63) is 34.9 Å². The van der Waals surface area contributed by atoms with Crippen molar-refractivity contribution in [2.24, 2.45) is 5.73 Å². The Hall–Kier alpha value is -0.860. The molecule has 1 aliphatic heterocycles. The molecule has 2 rings (SSSR count). The minimum atomic E-state index is 0.0728. The van der Waals surface area contributed by atoms with Gasteiger partial charge in [-0.15, -0.1) is 0 Å². The van der Waals surface area contributed by atoms with Crippen molar-refractivity contribution in [1.82, 2.24) is 5.31 Å². The van der Waals surface area contributed by atoms with Crippen molar-refractivity contribution in [3.8, 4) is 0 Å². The molecular weight excluding hydrogens is 172 g/mol. The van der Waals surface area contributed by atoms with Gasteiger partial charge >= 0.3 is 0 Å². The van der Waals surface area contributed by atoms with E-state index < -0.39 is 0 Å². The quantitative estimate of drug-likeness (QED) is 0.708. The second-order valence-corrected chi connectivity index (χ2v) is 4.22. The molecule has 0 aromatic heterocycles. The summed E-state index contributed by atoms with van der Waals surface area (Å²) in [6.07, 6.45) is 0.918. The first-order valence-electron chi connectivity index (χ1n) is 5.62. The minimum Gasteiger partial charge on any atom is -0.326 e. The average molecular weight is 191 g/mol. The van der Waals surface area contributed by atoms with Gasteiger partial charge in [-0.3, -0.25) is 0 Å². The molecule has 1 aromatic rings. The van der Waals surface area contributed by atoms with E-state index in [4.69, 9.17) is 7.15 Å². The van der Waals surface area contributed by atoms with Crippen LogP contribution in [0.4, 0.5) is 0 Å². The predicted molar refractivity (Wildman–Crippen MR) is 59.3 cm³/mol. The van der Waals surface area contributed by atoms with E-state index in [0.717, 1.165) is 13.0 Å². The SMILES string of the molecule is [2H]N1CCC(N)[C@H]1c1cc(C)cc(C)c1. The zero-order valence-electron chi connectivity index (χ0n) is 9.83. The van der Waals surface area contributed by atoms with Crippen LogP contribution in [0.2, 0.25) is 1.41 Å². The first kappa shape index (κ1) is 8.45. The lowest BCUT2D eigenvalue weighted by Gasteiger charge is -2.17. The third-order valence-electron chi connectivity index (χ3n) is 2.78. The van der Waals surface area contributed by atoms with Gasteiger partial charge in [0.15, 0.2) is 0 Å². The molecule has 0 amide bonds. The third-order valence-corrected chi connectivity index (χ3v) is 2.78. The van der Waals surface area contributed by atoms with Crippen molar-refractivity contribution < 1.29 is 1.41 Å². The summed E-state index contributed by atoms with van der Waals surface area (Å²) >= 11 is 0. The number of hydrogen-bond acceptors (Lipinski definition) is 2. The van der Waals surface area contributed by atoms with Gasteiger partial charge in [0.25, 0.3) is 0 Å². The Labute approximate surface area is 87.0 Å². The van der Waals surface area contributed by atoms with Crippen molar-refractivity contribution in [1.29, 1.82) is 0 Å². The van der Waals surface area contributed by atoms with E-state index in [9.17, 15) is 0 Å². The van der Waals surface area contributed by atoms with E-state index in [2.05, 4.69) is 32.0 Å². The van der Waals surface area contributed by atoms with Crippen molar-refractivity contribution in [2.45, 2.75) is 32.4 Å². The summed E-state index contributed by atoms with van der Waals surface area (Å²) in [5, 5.41) is 1.61. The molecule has 0 spiro atoms. The summed E-state index contributed by atoms with van der Waals surface area (Å²) in [5.74, 6) is 0. The highest BCUT2D eigenvalue weighted by molar-refractivity contribution is 5.32. The molecule has 1 heterocycles. The van der Waals surface area contributed by atoms with Crippen LogP contribution in [-0.2, 0) is 0 Å². The fourth-order valence-corrected chi connectivity index (χ4v) is 2.19. The van der Waals surface area contributed by atoms with Gasteiger partial charge < -0.3 is 11.0 Å². The first-order valence-corrected chi connectivity index (χ1v) is 5.17. The summed E-state index contributed by atoms with van der Waals surface area (Å²) in [4.78, 5) is 0. The summed E-state index contributed by atoms with van der Waals surface area (Å²) in [7, 11) is 0. The molecule has 1 fully saturated rings. The Morgan fingerprint density at radius 1 is 1.36 bits per heavy atom. The van der Waals surface area contributed by atoms with Gasteiger partial charge in [0.1, 0.15) is 1.41 Å². The Morgan fingerprint density at radius 2 is 2.00 bits per heavy atom. The molecule has 0 saturated carbocycles. The normalized spacial score (nSPS) is 29.2. The van der Waals surface area contributed by atoms with Crippen LogP contribution < -0.4 is 11.0 Å². The molecule has 3 N–H and O–H groups in total. The third kappa shape index (κ3) is 1.81. The zero-order valence-corrected chi connectivity index (χ0v) is 8.83. The lowest BCUT2D eigenvalue weighted by molar-refractivity contribution is 0.570. The smallest absolute Gasteiger partial charge is 0.123 e. The fraction of sp³-hybridized carbons (Fsp3) is 0.500. The maximum absolute atomic E-state index is 7.85. The molecule has 0 aliphatic carbocycles. The lowest BCUT2D eigenvalue weighted by atomic mass is 9.98. The van der Waals surface area contributed by atoms with Gasteiger partial charge in [-0.2, -0.15) is 0 Å². The highest BCUT2D eigenvalue weighted by Gasteiger charge is 2.24. The maximum atomic E-state index is 7.85. The van der Waals surface area contributed by atoms with E-state index in [1.54, 1.807) is 5.31 Å². The molecule has 76 valence electrons. The highest BCUT2D eigenvalue weighted by Crippen LogP contribution is 2.23. The average Bonchev–Trinajstić information content (AvgIpc) is 2.44. The molecule has 1 unspecified atom stereocenters. The van der Waals surface area contributed by atoms with Crippen molar-refractivity contribution in [3.63, 3.8) is 0 Å². The summed E-state index contributed by atoms with van der Waals surface area (Å²) in [6.45, 7) is 4.95. The highest BCUT2D eigenvalue weighted by atomic mass is 15.0. The number of nitrogens with two attached hydrogens (primary N) is 1. The Kier molecular flexibility index (Phi) is 2.24. The minimum absolute atomic E-state index is 0.0728. The Balaban J connectivity index is 2.35. The number of rotatable bonds is 1. The number of hydrogen-bond donors (Lipinski definition) is 2. The van der Waals surface area contributed by atoms with E-state index >= 15 is 0 Å². The Bertz CT molecular complexity index is 334. The zero-order chi connectivity index (χ0) is 11.0. The Morgan fingerprint density at radius 3 is 2.50 bits per heavy atom. The molecule has 1 saturated heterocycles. The number of benzene rings is 1. The lowest BCUT2D eigenvalue weighted by Crippen LogP contribution is -2.28. The van der Waals surface area contributed by atoms with Gasteiger partial charge in [0.05, 0.1) is 0 Å². The van der Waals surface area contributed by atoms with Gasteiger partial charge in [-0.05, 0) is 32.4 Å². The first-order chi connectivity index (χ1) is 7.08. The standard InChI is InChI=1S/C12H18N2/c1-8-5-9(2)7-10(6-8)12-11(13)3-4-14-12/h5-7,11-12,14H,3-4,13H2,1-2H3/t11?,12-/m1/s1/i/hD. The van der Waals surface area contributed by atoms with E-state index in [1.165, 1.54) is 16.7 Å². The summed E-state index contributed by atoms with van der Waals surface area (Å²) < 4.78 is 7.85. The van der Waals surface area contributed by atoms with Crippen molar-refractivity contribution >= 4 is 0 Å². The van der Waals surface area contributed by atoms with E-state index in [0.29, 0.717) is 0 Å². The van der Waals surface area contributed by atoms with Crippen LogP contribution in [0.3, 0.4) is 0 Å². The molecule has 0 radical (unpaired) electrons. The van der Waals surface area contributed by atoms with Gasteiger partial charge in [-0.1, -0.05) is 29.3 Å². The summed E-state index contributed by atoms with van der Waals surface area (Å²) in [6, 6.07) is 6.61. The molecule has 14 heavy (non-hydrogen) atoms. The van der Waals surface area contributed by atoms with Gasteiger partial charge in [0, 0.05) is 12.1 Å². The molecular formula is C12H18N2. The number of aryl methyl sites for hydroxylation is 2. The predicted octanol–water partition coefficient (Wildman–Crippen LogP) is 1.67. The van der Waals surface area contributed by atoms with Crippen LogP contribution in [0.15, 0.2) is 18.2 Å². The molecule has 1 aromatic carbocycles. The van der Waals surface area contributed by atoms with Crippen LogP contribution in [0.5, 0.6) is 0 Å². The van der Waals surface area contributed by atoms with Gasteiger partial charge in [0.2, 0.25) is 0 Å². The largest absolute Gasteiger partial charge is 0.326 e. The molecule has 0 bridgehead atoms. The van der Waals surface area contributed by atoms with Gasteiger partial charge in [-0.25, -0.2) is 0 Å². The van der Waals surface area contributed by atoms with E-state index in [1.807, 2.05) is 0 Å². The van der Waals surface area contributed by atoms with Crippen LogP contribution in [0.1, 0.15) is 29.2 Å². The van der Waals surface area contributed by atoms with E-state index in [-0.39, 0.29) is 12.1 Å². The second kappa shape index (κ2) is 3.71. The van der Waals surface area contributed by atoms with Crippen LogP contribution in [-0.4, -0.2) is 12.6 Å². The van der Waals surface area contributed by atoms with Crippen molar-refractivity contribution in [2.75, 3.05) is 6.54 Å². The maximum Gasteiger partial charge on any atom is 0.123 e. The molecule has 2 nitrogen and oxygen atoms in total. The number of nitrogens with one attached hydrogen (secondary N) is 1. The molecule has 1 aliphatic rings.